The predicted octanol–water partition coefficient (Wildman–Crippen LogP) is 0.0924. The van der Waals surface area contributed by atoms with Gasteiger partial charge in [-0.05, 0) is 6.42 Å². The van der Waals surface area contributed by atoms with Crippen LogP contribution in [0, 0.1) is 0 Å². The SMILES string of the molecule is CS(=O)(=O)OCCC(Br)COS(C)(=O)=O. The second kappa shape index (κ2) is 6.14. The van der Waals surface area contributed by atoms with Crippen LogP contribution in [0.2, 0.25) is 0 Å². The van der Waals surface area contributed by atoms with E-state index < -0.39 is 20.2 Å². The summed E-state index contributed by atoms with van der Waals surface area (Å²) in [7, 11) is -6.90. The van der Waals surface area contributed by atoms with Gasteiger partial charge in [0.1, 0.15) is 0 Å². The first kappa shape index (κ1) is 15.3. The van der Waals surface area contributed by atoms with Gasteiger partial charge in [0.05, 0.1) is 25.7 Å². The highest BCUT2D eigenvalue weighted by molar-refractivity contribution is 9.09. The van der Waals surface area contributed by atoms with Crippen LogP contribution in [0.25, 0.3) is 0 Å². The summed E-state index contributed by atoms with van der Waals surface area (Å²) in [6.45, 7) is -0.0617. The molecule has 0 rings (SSSR count). The van der Waals surface area contributed by atoms with Gasteiger partial charge < -0.3 is 0 Å². The molecule has 0 spiro atoms. The number of hydrogen-bond donors (Lipinski definition) is 0. The zero-order valence-corrected chi connectivity index (χ0v) is 11.6. The van der Waals surface area contributed by atoms with E-state index in [1.807, 2.05) is 0 Å². The number of halogens is 1. The molecule has 0 saturated carbocycles. The summed E-state index contributed by atoms with van der Waals surface area (Å²) in [5.74, 6) is 0. The summed E-state index contributed by atoms with van der Waals surface area (Å²) in [6, 6.07) is 0. The molecule has 0 fully saturated rings. The van der Waals surface area contributed by atoms with Crippen LogP contribution in [0.15, 0.2) is 0 Å². The van der Waals surface area contributed by atoms with Crippen molar-refractivity contribution in [2.24, 2.45) is 0 Å². The van der Waals surface area contributed by atoms with Gasteiger partial charge >= 0.3 is 0 Å². The third kappa shape index (κ3) is 12.2. The fourth-order valence-corrected chi connectivity index (χ4v) is 1.91. The molecular formula is C6H13BrO6S2. The fraction of sp³-hybridized carbons (Fsp3) is 1.00. The molecule has 6 nitrogen and oxygen atoms in total. The molecule has 0 saturated heterocycles. The average molecular weight is 325 g/mol. The summed E-state index contributed by atoms with van der Waals surface area (Å²) in [6.07, 6.45) is 2.23. The first-order valence-electron chi connectivity index (χ1n) is 3.93. The van der Waals surface area contributed by atoms with Crippen molar-refractivity contribution in [3.63, 3.8) is 0 Å². The highest BCUT2D eigenvalue weighted by Crippen LogP contribution is 2.08. The Labute approximate surface area is 98.3 Å². The Morgan fingerprint density at radius 1 is 1.07 bits per heavy atom. The van der Waals surface area contributed by atoms with Crippen molar-refractivity contribution in [1.82, 2.24) is 0 Å². The first-order chi connectivity index (χ1) is 6.60. The molecule has 0 aromatic carbocycles. The van der Waals surface area contributed by atoms with Crippen molar-refractivity contribution in [3.05, 3.63) is 0 Å². The molecule has 0 aliphatic heterocycles. The zero-order valence-electron chi connectivity index (χ0n) is 8.34. The van der Waals surface area contributed by atoms with Crippen LogP contribution in [0.1, 0.15) is 6.42 Å². The maximum Gasteiger partial charge on any atom is 0.264 e. The molecular weight excluding hydrogens is 312 g/mol. The van der Waals surface area contributed by atoms with Gasteiger partial charge in [0.2, 0.25) is 0 Å². The summed E-state index contributed by atoms with van der Waals surface area (Å²) >= 11 is 3.13. The molecule has 15 heavy (non-hydrogen) atoms. The molecule has 0 radical (unpaired) electrons. The third-order valence-electron chi connectivity index (χ3n) is 1.19. The molecule has 0 aromatic heterocycles. The van der Waals surface area contributed by atoms with Crippen molar-refractivity contribution in [3.8, 4) is 0 Å². The Bertz CT molecular complexity index is 372. The van der Waals surface area contributed by atoms with Crippen LogP contribution in [-0.4, -0.2) is 47.4 Å². The summed E-state index contributed by atoms with van der Waals surface area (Å²) < 4.78 is 51.3. The van der Waals surface area contributed by atoms with Gasteiger partial charge in [-0.1, -0.05) is 15.9 Å². The Hall–Kier alpha value is 0.300. The van der Waals surface area contributed by atoms with Crippen LogP contribution in [-0.2, 0) is 28.6 Å². The molecule has 1 unspecified atom stereocenters. The lowest BCUT2D eigenvalue weighted by Crippen LogP contribution is -2.16. The van der Waals surface area contributed by atoms with Gasteiger partial charge in [-0.2, -0.15) is 16.8 Å². The van der Waals surface area contributed by atoms with Crippen LogP contribution in [0.4, 0.5) is 0 Å². The Kier molecular flexibility index (Phi) is 6.26. The molecule has 0 N–H and O–H groups in total. The Balaban J connectivity index is 3.72. The van der Waals surface area contributed by atoms with E-state index in [-0.39, 0.29) is 18.0 Å². The highest BCUT2D eigenvalue weighted by Gasteiger charge is 2.10. The second-order valence-electron chi connectivity index (χ2n) is 2.90. The van der Waals surface area contributed by atoms with Crippen LogP contribution >= 0.6 is 15.9 Å². The maximum absolute atomic E-state index is 10.6. The van der Waals surface area contributed by atoms with Crippen LogP contribution in [0.3, 0.4) is 0 Å². The van der Waals surface area contributed by atoms with Crippen LogP contribution < -0.4 is 0 Å². The van der Waals surface area contributed by atoms with Crippen molar-refractivity contribution in [2.75, 3.05) is 25.7 Å². The molecule has 9 heteroatoms. The van der Waals surface area contributed by atoms with E-state index in [0.29, 0.717) is 6.42 Å². The first-order valence-corrected chi connectivity index (χ1v) is 8.48. The molecule has 1 atom stereocenters. The molecule has 0 amide bonds. The van der Waals surface area contributed by atoms with E-state index in [1.165, 1.54) is 0 Å². The smallest absolute Gasteiger partial charge is 0.264 e. The van der Waals surface area contributed by atoms with E-state index in [2.05, 4.69) is 24.3 Å². The molecule has 0 heterocycles. The minimum absolute atomic E-state index is 0.0120. The van der Waals surface area contributed by atoms with Crippen molar-refractivity contribution < 1.29 is 25.2 Å². The predicted molar refractivity (Wildman–Crippen MR) is 58.9 cm³/mol. The summed E-state index contributed by atoms with van der Waals surface area (Å²) in [5, 5.41) is 0. The van der Waals surface area contributed by atoms with E-state index in [0.717, 1.165) is 12.5 Å². The van der Waals surface area contributed by atoms with E-state index in [9.17, 15) is 16.8 Å². The van der Waals surface area contributed by atoms with E-state index in [4.69, 9.17) is 0 Å². The maximum atomic E-state index is 10.6. The van der Waals surface area contributed by atoms with Gasteiger partial charge in [-0.15, -0.1) is 0 Å². The summed E-state index contributed by atoms with van der Waals surface area (Å²) in [5.41, 5.74) is 0. The van der Waals surface area contributed by atoms with Gasteiger partial charge in [0, 0.05) is 4.83 Å². The lowest BCUT2D eigenvalue weighted by molar-refractivity contribution is 0.280. The van der Waals surface area contributed by atoms with Gasteiger partial charge in [0.15, 0.2) is 0 Å². The molecule has 0 aliphatic rings. The quantitative estimate of drug-likeness (QED) is 0.487. The van der Waals surface area contributed by atoms with Crippen LogP contribution in [0.5, 0.6) is 0 Å². The topological polar surface area (TPSA) is 86.7 Å². The Morgan fingerprint density at radius 3 is 1.93 bits per heavy atom. The molecule has 0 aromatic rings. The largest absolute Gasteiger partial charge is 0.270 e. The third-order valence-corrected chi connectivity index (χ3v) is 3.07. The molecule has 0 bridgehead atoms. The van der Waals surface area contributed by atoms with Crippen molar-refractivity contribution in [2.45, 2.75) is 11.2 Å². The normalized spacial score (nSPS) is 15.1. The molecule has 92 valence electrons. The fourth-order valence-electron chi connectivity index (χ4n) is 0.608. The minimum Gasteiger partial charge on any atom is -0.270 e. The lowest BCUT2D eigenvalue weighted by atomic mass is 10.3. The Morgan fingerprint density at radius 2 is 1.53 bits per heavy atom. The summed E-state index contributed by atoms with van der Waals surface area (Å²) in [4.78, 5) is -0.269. The minimum atomic E-state index is -3.46. The van der Waals surface area contributed by atoms with Gasteiger partial charge in [0.25, 0.3) is 20.2 Å². The standard InChI is InChI=1S/C6H13BrO6S2/c1-14(8,9)12-4-3-6(7)5-13-15(2,10)11/h6H,3-5H2,1-2H3. The van der Waals surface area contributed by atoms with Gasteiger partial charge in [-0.3, -0.25) is 8.37 Å². The number of hydrogen-bond acceptors (Lipinski definition) is 6. The van der Waals surface area contributed by atoms with Crippen molar-refractivity contribution in [1.29, 1.82) is 0 Å². The van der Waals surface area contributed by atoms with Gasteiger partial charge in [-0.25, -0.2) is 0 Å². The average Bonchev–Trinajstić information content (AvgIpc) is 1.97. The number of alkyl halides is 1. The highest BCUT2D eigenvalue weighted by atomic mass is 79.9. The molecule has 0 aliphatic carbocycles. The second-order valence-corrected chi connectivity index (χ2v) is 7.48. The zero-order chi connectivity index (χ0) is 12.1. The van der Waals surface area contributed by atoms with E-state index in [1.54, 1.807) is 0 Å². The van der Waals surface area contributed by atoms with E-state index >= 15 is 0 Å². The van der Waals surface area contributed by atoms with Crippen molar-refractivity contribution >= 4 is 36.2 Å². The lowest BCUT2D eigenvalue weighted by Gasteiger charge is -2.08. The number of rotatable bonds is 7. The monoisotopic (exact) mass is 324 g/mol.